The minimum atomic E-state index is -4.75. The molecule has 1 fully saturated rings. The molecule has 0 bridgehead atoms. The maximum atomic E-state index is 12.8. The van der Waals surface area contributed by atoms with Gasteiger partial charge in [-0.3, -0.25) is 0 Å². The van der Waals surface area contributed by atoms with Crippen molar-refractivity contribution < 1.29 is 22.7 Å². The van der Waals surface area contributed by atoms with Gasteiger partial charge in [-0.25, -0.2) is 14.5 Å². The van der Waals surface area contributed by atoms with E-state index in [1.165, 1.54) is 46.4 Å². The van der Waals surface area contributed by atoms with E-state index < -0.39 is 12.4 Å². The largest absolute Gasteiger partial charge is 0.573 e. The molecule has 8 nitrogen and oxygen atoms in total. The quantitative estimate of drug-likeness (QED) is 0.226. The molecule has 4 aromatic rings. The number of nitrogens with zero attached hydrogens (tertiary/aromatic N) is 5. The lowest BCUT2D eigenvalue weighted by molar-refractivity contribution is -0.274. The highest BCUT2D eigenvalue weighted by Crippen LogP contribution is 2.34. The highest BCUT2D eigenvalue weighted by atomic mass is 32.2. The maximum Gasteiger partial charge on any atom is 0.573 e. The van der Waals surface area contributed by atoms with Crippen molar-refractivity contribution in [3.63, 3.8) is 0 Å². The van der Waals surface area contributed by atoms with Crippen LogP contribution >= 0.6 is 11.8 Å². The van der Waals surface area contributed by atoms with Gasteiger partial charge in [0.25, 0.3) is 0 Å². The Morgan fingerprint density at radius 2 is 1.82 bits per heavy atom. The highest BCUT2D eigenvalue weighted by molar-refractivity contribution is 8.14. The summed E-state index contributed by atoms with van der Waals surface area (Å²) in [6.45, 7) is 9.04. The van der Waals surface area contributed by atoms with Crippen LogP contribution in [0.15, 0.2) is 83.7 Å². The minimum absolute atomic E-state index is 0.314. The number of hydrogen-bond donors (Lipinski definition) is 1. The first-order valence-electron chi connectivity index (χ1n) is 13.9. The Hall–Kier alpha value is -4.58. The van der Waals surface area contributed by atoms with Crippen LogP contribution in [0.25, 0.3) is 23.2 Å². The fourth-order valence-corrected chi connectivity index (χ4v) is 5.94. The number of amides is 2. The van der Waals surface area contributed by atoms with E-state index in [2.05, 4.69) is 62.9 Å². The van der Waals surface area contributed by atoms with Crippen molar-refractivity contribution in [2.24, 2.45) is 4.99 Å². The number of nitrogens with one attached hydrogen (secondary N) is 1. The van der Waals surface area contributed by atoms with Gasteiger partial charge >= 0.3 is 12.4 Å². The summed E-state index contributed by atoms with van der Waals surface area (Å²) >= 11 is 1.57. The van der Waals surface area contributed by atoms with Crippen molar-refractivity contribution in [3.8, 4) is 22.8 Å². The third kappa shape index (κ3) is 7.49. The number of urea groups is 1. The van der Waals surface area contributed by atoms with E-state index in [9.17, 15) is 18.0 Å². The van der Waals surface area contributed by atoms with Crippen molar-refractivity contribution in [2.75, 3.05) is 17.2 Å². The molecule has 44 heavy (non-hydrogen) atoms. The minimum Gasteiger partial charge on any atom is -0.406 e. The molecule has 12 heteroatoms. The van der Waals surface area contributed by atoms with Crippen LogP contribution in [-0.4, -0.2) is 44.6 Å². The lowest BCUT2D eigenvalue weighted by Crippen LogP contribution is -2.28. The molecule has 1 aromatic heterocycles. The second kappa shape index (κ2) is 13.0. The predicted octanol–water partition coefficient (Wildman–Crippen LogP) is 7.94. The third-order valence-electron chi connectivity index (χ3n) is 6.83. The first-order chi connectivity index (χ1) is 21.0. The maximum absolute atomic E-state index is 12.8. The Balaban J connectivity index is 1.23. The number of aryl methyl sites for hydroxylation is 1. The van der Waals surface area contributed by atoms with Gasteiger partial charge in [-0.05, 0) is 72.9 Å². The Morgan fingerprint density at radius 3 is 2.50 bits per heavy atom. The van der Waals surface area contributed by atoms with Gasteiger partial charge in [0, 0.05) is 29.2 Å². The Bertz CT molecular complexity index is 1700. The SMILES string of the molecule is C/C(=C\c1ccc(-c2ncn(-c3ccc(OC(F)(F)F)cc3)n2)cc1)NC(=O)/N=C1\SCCN1c1cccc(C)c1C(C)C. The van der Waals surface area contributed by atoms with Gasteiger partial charge in [0.15, 0.2) is 11.0 Å². The molecule has 0 spiro atoms. The number of carbonyl (C=O) groups excluding carboxylic acids is 1. The number of carbonyl (C=O) groups is 1. The normalized spacial score (nSPS) is 14.9. The smallest absolute Gasteiger partial charge is 0.406 e. The number of halogens is 3. The number of aromatic nitrogens is 3. The summed E-state index contributed by atoms with van der Waals surface area (Å²) in [4.78, 5) is 23.7. The second-order valence-corrected chi connectivity index (χ2v) is 11.6. The van der Waals surface area contributed by atoms with Crippen molar-refractivity contribution in [2.45, 2.75) is 40.0 Å². The zero-order chi connectivity index (χ0) is 31.4. The summed E-state index contributed by atoms with van der Waals surface area (Å²) in [5.41, 5.74) is 6.36. The van der Waals surface area contributed by atoms with Crippen LogP contribution in [0.1, 0.15) is 43.4 Å². The first-order valence-corrected chi connectivity index (χ1v) is 14.9. The molecular formula is C32H31F3N6O2S. The van der Waals surface area contributed by atoms with E-state index in [-0.39, 0.29) is 5.75 Å². The summed E-state index contributed by atoms with van der Waals surface area (Å²) in [5, 5.41) is 7.97. The van der Waals surface area contributed by atoms with Crippen molar-refractivity contribution in [3.05, 3.63) is 95.4 Å². The van der Waals surface area contributed by atoms with Gasteiger partial charge in [-0.2, -0.15) is 4.99 Å². The molecule has 0 atom stereocenters. The number of alkyl halides is 3. The fraction of sp³-hybridized carbons (Fsp3) is 0.250. The highest BCUT2D eigenvalue weighted by Gasteiger charge is 2.31. The standard InChI is InChI=1S/C32H31F3N6O2S/c1-20(2)28-21(3)6-5-7-27(28)40-16-17-44-31(40)38-30(42)37-22(4)18-23-8-10-24(11-9-23)29-36-19-41(39-29)25-12-14-26(15-13-25)43-32(33,34)35/h5-15,18-20H,16-17H2,1-4H3,(H,37,42)/b22-18+,38-31-. The van der Waals surface area contributed by atoms with Crippen LogP contribution in [0, 0.1) is 6.92 Å². The van der Waals surface area contributed by atoms with Crippen LogP contribution in [0.3, 0.4) is 0 Å². The number of ether oxygens (including phenoxy) is 1. The van der Waals surface area contributed by atoms with E-state index in [1.807, 2.05) is 36.4 Å². The van der Waals surface area contributed by atoms with Crippen LogP contribution in [0.4, 0.5) is 23.7 Å². The molecular weight excluding hydrogens is 589 g/mol. The lowest BCUT2D eigenvalue weighted by Gasteiger charge is -2.24. The van der Waals surface area contributed by atoms with Gasteiger partial charge in [0.05, 0.1) is 5.69 Å². The van der Waals surface area contributed by atoms with Crippen LogP contribution in [-0.2, 0) is 0 Å². The Kier molecular flexibility index (Phi) is 9.09. The number of aliphatic imine (C=N–C) groups is 1. The molecule has 2 amide bonds. The molecule has 1 N–H and O–H groups in total. The van der Waals surface area contributed by atoms with E-state index in [0.717, 1.165) is 29.1 Å². The first kappa shape index (κ1) is 30.9. The number of rotatable bonds is 7. The lowest BCUT2D eigenvalue weighted by atomic mass is 9.95. The molecule has 0 radical (unpaired) electrons. The molecule has 0 aliphatic carbocycles. The van der Waals surface area contributed by atoms with Gasteiger partial charge in [0.2, 0.25) is 0 Å². The van der Waals surface area contributed by atoms with Crippen molar-refractivity contribution in [1.29, 1.82) is 0 Å². The predicted molar refractivity (Wildman–Crippen MR) is 168 cm³/mol. The number of anilines is 1. The average Bonchev–Trinajstić information content (AvgIpc) is 3.63. The molecule has 1 aliphatic heterocycles. The number of hydrogen-bond acceptors (Lipinski definition) is 5. The van der Waals surface area contributed by atoms with Gasteiger partial charge in [0.1, 0.15) is 12.1 Å². The summed E-state index contributed by atoms with van der Waals surface area (Å²) < 4.78 is 42.6. The Morgan fingerprint density at radius 1 is 1.09 bits per heavy atom. The topological polar surface area (TPSA) is 84.6 Å². The summed E-state index contributed by atoms with van der Waals surface area (Å²) in [5.74, 6) is 1.34. The van der Waals surface area contributed by atoms with E-state index in [1.54, 1.807) is 18.7 Å². The van der Waals surface area contributed by atoms with Crippen molar-refractivity contribution >= 4 is 34.7 Å². The fourth-order valence-electron chi connectivity index (χ4n) is 4.99. The molecule has 1 saturated heterocycles. The van der Waals surface area contributed by atoms with E-state index >= 15 is 0 Å². The molecule has 5 rings (SSSR count). The molecule has 228 valence electrons. The zero-order valence-corrected chi connectivity index (χ0v) is 25.4. The number of amidine groups is 1. The molecule has 1 aliphatic rings. The zero-order valence-electron chi connectivity index (χ0n) is 24.6. The summed E-state index contributed by atoms with van der Waals surface area (Å²) in [7, 11) is 0. The van der Waals surface area contributed by atoms with Crippen molar-refractivity contribution in [1.82, 2.24) is 20.1 Å². The number of allylic oxidation sites excluding steroid dienone is 1. The van der Waals surface area contributed by atoms with Crippen LogP contribution < -0.4 is 15.0 Å². The third-order valence-corrected chi connectivity index (χ3v) is 7.78. The second-order valence-electron chi connectivity index (χ2n) is 10.5. The molecule has 0 saturated carbocycles. The number of benzene rings is 3. The summed E-state index contributed by atoms with van der Waals surface area (Å²) in [6.07, 6.45) is -1.43. The number of thioether (sulfide) groups is 1. The summed E-state index contributed by atoms with van der Waals surface area (Å²) in [6, 6.07) is 18.6. The Labute approximate surface area is 257 Å². The van der Waals surface area contributed by atoms with E-state index in [0.29, 0.717) is 28.3 Å². The van der Waals surface area contributed by atoms with Gasteiger partial charge in [-0.15, -0.1) is 18.3 Å². The molecule has 0 unspecified atom stereocenters. The van der Waals surface area contributed by atoms with Gasteiger partial charge in [-0.1, -0.05) is 62.0 Å². The van der Waals surface area contributed by atoms with Crippen LogP contribution in [0.5, 0.6) is 5.75 Å². The van der Waals surface area contributed by atoms with Crippen LogP contribution in [0.2, 0.25) is 0 Å². The van der Waals surface area contributed by atoms with Gasteiger partial charge < -0.3 is 15.0 Å². The molecule has 2 heterocycles. The monoisotopic (exact) mass is 620 g/mol. The molecule has 3 aromatic carbocycles. The average molecular weight is 621 g/mol. The van der Waals surface area contributed by atoms with E-state index in [4.69, 9.17) is 0 Å².